The summed E-state index contributed by atoms with van der Waals surface area (Å²) in [5, 5.41) is 13.5. The molecule has 0 aliphatic rings. The van der Waals surface area contributed by atoms with Crippen molar-refractivity contribution in [1.29, 1.82) is 0 Å². The van der Waals surface area contributed by atoms with Gasteiger partial charge in [0.25, 0.3) is 0 Å². The average Bonchev–Trinajstić information content (AvgIpc) is 2.57. The van der Waals surface area contributed by atoms with Gasteiger partial charge in [0.1, 0.15) is 5.75 Å². The van der Waals surface area contributed by atoms with Crippen LogP contribution in [0.4, 0.5) is 0 Å². The Morgan fingerprint density at radius 2 is 2.40 bits per heavy atom. The van der Waals surface area contributed by atoms with Crippen LogP contribution in [0.15, 0.2) is 24.4 Å². The first-order valence-corrected chi connectivity index (χ1v) is 4.43. The van der Waals surface area contributed by atoms with Gasteiger partial charge in [-0.15, -0.1) is 0 Å². The van der Waals surface area contributed by atoms with Gasteiger partial charge >= 0.3 is 5.97 Å². The number of rotatable bonds is 3. The van der Waals surface area contributed by atoms with Crippen LogP contribution in [0.3, 0.4) is 0 Å². The fourth-order valence-corrected chi connectivity index (χ4v) is 1.36. The molecule has 0 fully saturated rings. The van der Waals surface area contributed by atoms with E-state index in [1.807, 2.05) is 13.1 Å². The largest absolute Gasteiger partial charge is 0.482 e. The summed E-state index contributed by atoms with van der Waals surface area (Å²) in [7, 11) is 1.82. The maximum absolute atomic E-state index is 10.3. The molecule has 0 amide bonds. The van der Waals surface area contributed by atoms with Crippen LogP contribution in [0.1, 0.15) is 0 Å². The summed E-state index contributed by atoms with van der Waals surface area (Å²) >= 11 is 0. The predicted octanol–water partition coefficient (Wildman–Crippen LogP) is 1.04. The highest BCUT2D eigenvalue weighted by molar-refractivity contribution is 5.80. The van der Waals surface area contributed by atoms with E-state index in [1.165, 1.54) is 0 Å². The van der Waals surface area contributed by atoms with Gasteiger partial charge < -0.3 is 9.84 Å². The molecule has 1 heterocycles. The quantitative estimate of drug-likeness (QED) is 0.814. The lowest BCUT2D eigenvalue weighted by Gasteiger charge is -2.03. The van der Waals surface area contributed by atoms with Crippen molar-refractivity contribution in [2.24, 2.45) is 7.05 Å². The summed E-state index contributed by atoms with van der Waals surface area (Å²) < 4.78 is 6.77. The minimum absolute atomic E-state index is 0.330. The molecule has 0 aliphatic heterocycles. The molecule has 0 atom stereocenters. The third kappa shape index (κ3) is 1.90. The van der Waals surface area contributed by atoms with Crippen molar-refractivity contribution in [1.82, 2.24) is 9.78 Å². The van der Waals surface area contributed by atoms with Gasteiger partial charge in [0.2, 0.25) is 0 Å². The molecule has 0 radical (unpaired) electrons. The highest BCUT2D eigenvalue weighted by Crippen LogP contribution is 2.19. The SMILES string of the molecule is Cn1ncc2ccc(OCC(=O)O)cc21. The van der Waals surface area contributed by atoms with Gasteiger partial charge in [-0.05, 0) is 12.1 Å². The van der Waals surface area contributed by atoms with Crippen LogP contribution in [-0.4, -0.2) is 27.5 Å². The van der Waals surface area contributed by atoms with Gasteiger partial charge in [0, 0.05) is 18.5 Å². The van der Waals surface area contributed by atoms with Crippen LogP contribution in [0.25, 0.3) is 10.9 Å². The highest BCUT2D eigenvalue weighted by Gasteiger charge is 2.03. The van der Waals surface area contributed by atoms with E-state index < -0.39 is 5.97 Å². The Morgan fingerprint density at radius 1 is 1.60 bits per heavy atom. The number of hydrogen-bond acceptors (Lipinski definition) is 3. The molecule has 0 saturated carbocycles. The molecule has 1 N–H and O–H groups in total. The van der Waals surface area contributed by atoms with Gasteiger partial charge in [0.05, 0.1) is 11.7 Å². The second-order valence-electron chi connectivity index (χ2n) is 3.17. The van der Waals surface area contributed by atoms with Crippen LogP contribution >= 0.6 is 0 Å². The third-order valence-electron chi connectivity index (χ3n) is 2.08. The summed E-state index contributed by atoms with van der Waals surface area (Å²) in [6, 6.07) is 5.34. The molecule has 5 nitrogen and oxygen atoms in total. The minimum Gasteiger partial charge on any atom is -0.482 e. The number of hydrogen-bond donors (Lipinski definition) is 1. The van der Waals surface area contributed by atoms with Gasteiger partial charge in [-0.1, -0.05) is 0 Å². The summed E-state index contributed by atoms with van der Waals surface area (Å²) in [5.74, 6) is -0.450. The Hall–Kier alpha value is -2.04. The molecular weight excluding hydrogens is 196 g/mol. The molecule has 0 bridgehead atoms. The van der Waals surface area contributed by atoms with E-state index in [1.54, 1.807) is 23.0 Å². The normalized spacial score (nSPS) is 10.5. The lowest BCUT2D eigenvalue weighted by Crippen LogP contribution is -2.09. The number of fused-ring (bicyclic) bond motifs is 1. The van der Waals surface area contributed by atoms with E-state index in [0.29, 0.717) is 5.75 Å². The number of benzene rings is 1. The van der Waals surface area contributed by atoms with Crippen molar-refractivity contribution in [3.63, 3.8) is 0 Å². The zero-order valence-electron chi connectivity index (χ0n) is 8.17. The first-order chi connectivity index (χ1) is 7.16. The summed E-state index contributed by atoms with van der Waals surface area (Å²) in [6.45, 7) is -0.330. The molecule has 1 aromatic heterocycles. The van der Waals surface area contributed by atoms with Crippen molar-refractivity contribution in [3.05, 3.63) is 24.4 Å². The standard InChI is InChI=1S/C10H10N2O3/c1-12-9-4-8(15-6-10(13)14)3-2-7(9)5-11-12/h2-5H,6H2,1H3,(H,13,14). The van der Waals surface area contributed by atoms with Crippen molar-refractivity contribution in [3.8, 4) is 5.75 Å². The lowest BCUT2D eigenvalue weighted by atomic mass is 10.2. The first-order valence-electron chi connectivity index (χ1n) is 4.43. The van der Waals surface area contributed by atoms with Gasteiger partial charge in [-0.3, -0.25) is 4.68 Å². The number of aromatic nitrogens is 2. The number of carboxylic acid groups (broad SMARTS) is 1. The Balaban J connectivity index is 2.29. The predicted molar refractivity (Wildman–Crippen MR) is 53.8 cm³/mol. The molecule has 2 aromatic rings. The average molecular weight is 206 g/mol. The summed E-state index contributed by atoms with van der Waals surface area (Å²) in [6.07, 6.45) is 1.75. The molecule has 1 aromatic carbocycles. The van der Waals surface area contributed by atoms with E-state index >= 15 is 0 Å². The zero-order chi connectivity index (χ0) is 10.8. The number of carboxylic acids is 1. The smallest absolute Gasteiger partial charge is 0.341 e. The Kier molecular flexibility index (Phi) is 2.29. The second-order valence-corrected chi connectivity index (χ2v) is 3.17. The fraction of sp³-hybridized carbons (Fsp3) is 0.200. The lowest BCUT2D eigenvalue weighted by molar-refractivity contribution is -0.139. The second kappa shape index (κ2) is 3.61. The zero-order valence-corrected chi connectivity index (χ0v) is 8.17. The first kappa shape index (κ1) is 9.51. The Morgan fingerprint density at radius 3 is 3.13 bits per heavy atom. The van der Waals surface area contributed by atoms with Crippen molar-refractivity contribution in [2.45, 2.75) is 0 Å². The number of nitrogens with zero attached hydrogens (tertiary/aromatic N) is 2. The molecule has 5 heteroatoms. The van der Waals surface area contributed by atoms with Crippen molar-refractivity contribution >= 4 is 16.9 Å². The number of carbonyl (C=O) groups is 1. The van der Waals surface area contributed by atoms with E-state index in [4.69, 9.17) is 9.84 Å². The fourth-order valence-electron chi connectivity index (χ4n) is 1.36. The highest BCUT2D eigenvalue weighted by atomic mass is 16.5. The van der Waals surface area contributed by atoms with Crippen LogP contribution < -0.4 is 4.74 Å². The molecule has 15 heavy (non-hydrogen) atoms. The molecule has 0 spiro atoms. The summed E-state index contributed by atoms with van der Waals surface area (Å²) in [5.41, 5.74) is 0.915. The molecule has 0 unspecified atom stereocenters. The molecule has 78 valence electrons. The monoisotopic (exact) mass is 206 g/mol. The third-order valence-corrected chi connectivity index (χ3v) is 2.08. The maximum Gasteiger partial charge on any atom is 0.341 e. The maximum atomic E-state index is 10.3. The topological polar surface area (TPSA) is 64.4 Å². The van der Waals surface area contributed by atoms with Crippen molar-refractivity contribution in [2.75, 3.05) is 6.61 Å². The van der Waals surface area contributed by atoms with E-state index in [9.17, 15) is 4.79 Å². The van der Waals surface area contributed by atoms with Gasteiger partial charge in [0.15, 0.2) is 6.61 Å². The van der Waals surface area contributed by atoms with E-state index in [2.05, 4.69) is 5.10 Å². The van der Waals surface area contributed by atoms with Gasteiger partial charge in [-0.2, -0.15) is 5.10 Å². The molecule has 0 saturated heterocycles. The number of aliphatic carboxylic acids is 1. The van der Waals surface area contributed by atoms with Crippen LogP contribution in [0.5, 0.6) is 5.75 Å². The Labute approximate surface area is 85.9 Å². The van der Waals surface area contributed by atoms with E-state index in [-0.39, 0.29) is 6.61 Å². The minimum atomic E-state index is -0.986. The van der Waals surface area contributed by atoms with Crippen LogP contribution in [-0.2, 0) is 11.8 Å². The van der Waals surface area contributed by atoms with Crippen LogP contribution in [0, 0.1) is 0 Å². The number of ether oxygens (including phenoxy) is 1. The van der Waals surface area contributed by atoms with Gasteiger partial charge in [-0.25, -0.2) is 4.79 Å². The van der Waals surface area contributed by atoms with Crippen LogP contribution in [0.2, 0.25) is 0 Å². The van der Waals surface area contributed by atoms with Crippen molar-refractivity contribution < 1.29 is 14.6 Å². The molecule has 2 rings (SSSR count). The van der Waals surface area contributed by atoms with E-state index in [0.717, 1.165) is 10.9 Å². The molecule has 0 aliphatic carbocycles. The Bertz CT molecular complexity index is 504. The summed E-state index contributed by atoms with van der Waals surface area (Å²) in [4.78, 5) is 10.3. The molecular formula is C10H10N2O3. The number of aryl methyl sites for hydroxylation is 1.